The second-order valence-electron chi connectivity index (χ2n) is 5.21. The number of hydrogen-bond donors (Lipinski definition) is 0. The predicted octanol–water partition coefficient (Wildman–Crippen LogP) is 6.21. The third-order valence-electron chi connectivity index (χ3n) is 3.39. The summed E-state index contributed by atoms with van der Waals surface area (Å²) in [4.78, 5) is 16.5. The van der Waals surface area contributed by atoms with Crippen molar-refractivity contribution in [3.8, 4) is 5.75 Å². The highest BCUT2D eigenvalue weighted by atomic mass is 127. The van der Waals surface area contributed by atoms with Gasteiger partial charge in [-0.1, -0.05) is 11.6 Å². The Balaban J connectivity index is 1.98. The molecule has 0 bridgehead atoms. The van der Waals surface area contributed by atoms with Crippen LogP contribution in [-0.2, 0) is 9.53 Å². The van der Waals surface area contributed by atoms with E-state index in [1.54, 1.807) is 12.1 Å². The molecule has 2 aromatic carbocycles. The minimum Gasteiger partial charge on any atom is -0.492 e. The summed E-state index contributed by atoms with van der Waals surface area (Å²) in [5, 5.41) is 0.477. The lowest BCUT2D eigenvalue weighted by Crippen LogP contribution is -2.06. The zero-order chi connectivity index (χ0) is 18.8. The number of benzene rings is 2. The molecule has 0 fully saturated rings. The van der Waals surface area contributed by atoms with Crippen LogP contribution in [0.4, 0.5) is 0 Å². The molecule has 0 atom stereocenters. The van der Waals surface area contributed by atoms with E-state index in [1.165, 1.54) is 0 Å². The fourth-order valence-electron chi connectivity index (χ4n) is 2.29. The molecule has 4 nitrogen and oxygen atoms in total. The Morgan fingerprint density at radius 1 is 1.27 bits per heavy atom. The first-order valence-corrected chi connectivity index (χ1v) is 10.5. The van der Waals surface area contributed by atoms with Crippen molar-refractivity contribution in [3.05, 3.63) is 64.7 Å². The van der Waals surface area contributed by atoms with Crippen LogP contribution >= 0.6 is 66.1 Å². The van der Waals surface area contributed by atoms with Crippen LogP contribution < -0.4 is 4.74 Å². The molecule has 0 saturated carbocycles. The van der Waals surface area contributed by atoms with Gasteiger partial charge in [-0.15, -0.1) is 0 Å². The molecule has 0 saturated heterocycles. The quantitative estimate of drug-likeness (QED) is 0.235. The highest BCUT2D eigenvalue weighted by Crippen LogP contribution is 2.36. The second-order valence-corrected chi connectivity index (χ2v) is 8.57. The molecule has 3 rings (SSSR count). The SMILES string of the molecule is CCOc1c(Br)cc(C=C2N=C(c3cc(I)ccc3Cl)OC2=O)cc1Br. The first-order valence-electron chi connectivity index (χ1n) is 7.49. The van der Waals surface area contributed by atoms with Gasteiger partial charge in [-0.2, -0.15) is 0 Å². The Morgan fingerprint density at radius 2 is 1.96 bits per heavy atom. The number of cyclic esters (lactones) is 1. The van der Waals surface area contributed by atoms with Gasteiger partial charge >= 0.3 is 5.97 Å². The number of carbonyl (C=O) groups is 1. The maximum Gasteiger partial charge on any atom is 0.363 e. The zero-order valence-electron chi connectivity index (χ0n) is 13.4. The monoisotopic (exact) mass is 609 g/mol. The van der Waals surface area contributed by atoms with Gasteiger partial charge in [0.25, 0.3) is 0 Å². The van der Waals surface area contributed by atoms with Crippen LogP contribution in [-0.4, -0.2) is 18.5 Å². The van der Waals surface area contributed by atoms with Crippen LogP contribution in [0.2, 0.25) is 5.02 Å². The van der Waals surface area contributed by atoms with Crippen LogP contribution in [0.3, 0.4) is 0 Å². The molecule has 26 heavy (non-hydrogen) atoms. The van der Waals surface area contributed by atoms with Crippen LogP contribution in [0.5, 0.6) is 5.75 Å². The molecular formula is C18H11Br2ClINO3. The maximum absolute atomic E-state index is 12.2. The number of esters is 1. The van der Waals surface area contributed by atoms with Gasteiger partial charge in [0.15, 0.2) is 5.70 Å². The van der Waals surface area contributed by atoms with Gasteiger partial charge in [0.1, 0.15) is 5.75 Å². The Hall–Kier alpha value is -0.900. The van der Waals surface area contributed by atoms with E-state index < -0.39 is 5.97 Å². The van der Waals surface area contributed by atoms with Crippen molar-refractivity contribution < 1.29 is 14.3 Å². The van der Waals surface area contributed by atoms with Crippen LogP contribution in [0.1, 0.15) is 18.1 Å². The molecule has 0 spiro atoms. The van der Waals surface area contributed by atoms with Gasteiger partial charge in [-0.3, -0.25) is 0 Å². The van der Waals surface area contributed by atoms with E-state index in [9.17, 15) is 4.79 Å². The molecule has 8 heteroatoms. The molecule has 0 aliphatic carbocycles. The van der Waals surface area contributed by atoms with Gasteiger partial charge in [-0.25, -0.2) is 9.79 Å². The number of hydrogen-bond acceptors (Lipinski definition) is 4. The summed E-state index contributed by atoms with van der Waals surface area (Å²) >= 11 is 15.3. The summed E-state index contributed by atoms with van der Waals surface area (Å²) in [6, 6.07) is 9.14. The van der Waals surface area contributed by atoms with E-state index in [0.29, 0.717) is 22.9 Å². The predicted molar refractivity (Wildman–Crippen MR) is 118 cm³/mol. The first-order chi connectivity index (χ1) is 12.4. The smallest absolute Gasteiger partial charge is 0.363 e. The molecule has 0 aromatic heterocycles. The first kappa shape index (κ1) is 19.9. The topological polar surface area (TPSA) is 47.9 Å². The fourth-order valence-corrected chi connectivity index (χ4v) is 4.43. The van der Waals surface area contributed by atoms with E-state index in [0.717, 1.165) is 18.1 Å². The number of nitrogens with zero attached hydrogens (tertiary/aromatic N) is 1. The lowest BCUT2D eigenvalue weighted by atomic mass is 10.2. The highest BCUT2D eigenvalue weighted by molar-refractivity contribution is 14.1. The lowest BCUT2D eigenvalue weighted by Gasteiger charge is -2.09. The van der Waals surface area contributed by atoms with Gasteiger partial charge < -0.3 is 9.47 Å². The molecule has 0 radical (unpaired) electrons. The molecular weight excluding hydrogens is 600 g/mol. The molecule has 0 N–H and O–H groups in total. The van der Waals surface area contributed by atoms with Gasteiger partial charge in [0, 0.05) is 3.57 Å². The largest absolute Gasteiger partial charge is 0.492 e. The van der Waals surface area contributed by atoms with Crippen molar-refractivity contribution >= 4 is 84.0 Å². The van der Waals surface area contributed by atoms with E-state index in [1.807, 2.05) is 31.2 Å². The summed E-state index contributed by atoms with van der Waals surface area (Å²) in [5.74, 6) is 0.392. The fraction of sp³-hybridized carbons (Fsp3) is 0.111. The summed E-state index contributed by atoms with van der Waals surface area (Å²) in [6.45, 7) is 2.46. The summed E-state index contributed by atoms with van der Waals surface area (Å²) in [7, 11) is 0. The van der Waals surface area contributed by atoms with Crippen molar-refractivity contribution in [3.63, 3.8) is 0 Å². The minimum atomic E-state index is -0.518. The van der Waals surface area contributed by atoms with E-state index in [4.69, 9.17) is 21.1 Å². The van der Waals surface area contributed by atoms with Crippen molar-refractivity contribution in [2.45, 2.75) is 6.92 Å². The minimum absolute atomic E-state index is 0.203. The lowest BCUT2D eigenvalue weighted by molar-refractivity contribution is -0.129. The third-order valence-corrected chi connectivity index (χ3v) is 5.57. The molecule has 0 amide bonds. The maximum atomic E-state index is 12.2. The van der Waals surface area contributed by atoms with Gasteiger partial charge in [-0.05, 0) is 103 Å². The number of rotatable bonds is 4. The van der Waals surface area contributed by atoms with E-state index in [2.05, 4.69) is 59.4 Å². The van der Waals surface area contributed by atoms with Gasteiger partial charge in [0.2, 0.25) is 5.90 Å². The third kappa shape index (κ3) is 4.32. The molecule has 134 valence electrons. The Kier molecular flexibility index (Phi) is 6.42. The average Bonchev–Trinajstić information content (AvgIpc) is 2.94. The zero-order valence-corrected chi connectivity index (χ0v) is 19.4. The molecule has 0 unspecified atom stereocenters. The Bertz CT molecular complexity index is 936. The highest BCUT2D eigenvalue weighted by Gasteiger charge is 2.26. The number of ether oxygens (including phenoxy) is 2. The van der Waals surface area contributed by atoms with Gasteiger partial charge in [0.05, 0.1) is 26.1 Å². The number of carbonyl (C=O) groups excluding carboxylic acids is 1. The van der Waals surface area contributed by atoms with Crippen molar-refractivity contribution in [2.75, 3.05) is 6.61 Å². The van der Waals surface area contributed by atoms with Crippen molar-refractivity contribution in [1.82, 2.24) is 0 Å². The van der Waals surface area contributed by atoms with E-state index in [-0.39, 0.29) is 11.6 Å². The summed E-state index contributed by atoms with van der Waals surface area (Å²) in [5.41, 5.74) is 1.57. The molecule has 2 aromatic rings. The summed E-state index contributed by atoms with van der Waals surface area (Å²) in [6.07, 6.45) is 1.66. The second kappa shape index (κ2) is 8.41. The van der Waals surface area contributed by atoms with Crippen molar-refractivity contribution in [1.29, 1.82) is 0 Å². The average molecular weight is 611 g/mol. The molecule has 1 aliphatic rings. The Labute approximate surface area is 186 Å². The standard InChI is InChI=1S/C18H11Br2ClINO3/c1-2-25-16-12(19)5-9(6-13(16)20)7-15-18(24)26-17(23-15)11-8-10(22)3-4-14(11)21/h3-8H,2H2,1H3. The normalized spacial score (nSPS) is 15.2. The molecule has 1 heterocycles. The Morgan fingerprint density at radius 3 is 2.62 bits per heavy atom. The molecule has 1 aliphatic heterocycles. The van der Waals surface area contributed by atoms with Crippen molar-refractivity contribution in [2.24, 2.45) is 4.99 Å². The van der Waals surface area contributed by atoms with Crippen LogP contribution in [0.25, 0.3) is 6.08 Å². The summed E-state index contributed by atoms with van der Waals surface area (Å²) < 4.78 is 13.4. The number of aliphatic imine (C=N–C) groups is 1. The van der Waals surface area contributed by atoms with E-state index >= 15 is 0 Å². The van der Waals surface area contributed by atoms with Crippen LogP contribution in [0, 0.1) is 3.57 Å². The van der Waals surface area contributed by atoms with Crippen LogP contribution in [0.15, 0.2) is 50.0 Å². The number of halogens is 4.